The molecule has 0 saturated carbocycles. The summed E-state index contributed by atoms with van der Waals surface area (Å²) in [6, 6.07) is 0. The van der Waals surface area contributed by atoms with Gasteiger partial charge in [0.1, 0.15) is 6.54 Å². The Morgan fingerprint density at radius 2 is 2.07 bits per heavy atom. The number of nitrogens with zero attached hydrogens (tertiary/aromatic N) is 2. The third kappa shape index (κ3) is 2.61. The number of hydrogen-bond acceptors (Lipinski definition) is 1. The maximum absolute atomic E-state index is 2.62. The van der Waals surface area contributed by atoms with Crippen LogP contribution in [0.25, 0.3) is 0 Å². The van der Waals surface area contributed by atoms with Gasteiger partial charge in [-0.1, -0.05) is 6.08 Å². The first-order valence-corrected chi connectivity index (χ1v) is 6.38. The summed E-state index contributed by atoms with van der Waals surface area (Å²) in [5.41, 5.74) is 0. The summed E-state index contributed by atoms with van der Waals surface area (Å²) in [7, 11) is 0. The molecule has 0 aromatic heterocycles. The zero-order valence-electron chi connectivity index (χ0n) is 9.91. The van der Waals surface area contributed by atoms with Gasteiger partial charge in [0.15, 0.2) is 0 Å². The molecule has 0 aromatic carbocycles. The van der Waals surface area contributed by atoms with Crippen molar-refractivity contribution in [2.24, 2.45) is 0 Å². The minimum absolute atomic E-state index is 1.11. The van der Waals surface area contributed by atoms with E-state index in [9.17, 15) is 0 Å². The Balaban J connectivity index is 2.09. The lowest BCUT2D eigenvalue weighted by Crippen LogP contribution is -2.44. The van der Waals surface area contributed by atoms with Crippen LogP contribution in [0.15, 0.2) is 12.2 Å². The maximum Gasteiger partial charge on any atom is 0.247 e. The Hall–Kier alpha value is -0.790. The maximum atomic E-state index is 2.62. The zero-order chi connectivity index (χ0) is 10.5. The van der Waals surface area contributed by atoms with Crippen LogP contribution in [0.3, 0.4) is 0 Å². The lowest BCUT2D eigenvalue weighted by molar-refractivity contribution is -0.538. The molecule has 2 heterocycles. The minimum atomic E-state index is 1.11. The predicted molar refractivity (Wildman–Crippen MR) is 64.5 cm³/mol. The molecule has 0 saturated heterocycles. The van der Waals surface area contributed by atoms with Crippen LogP contribution in [0.5, 0.6) is 0 Å². The van der Waals surface area contributed by atoms with Gasteiger partial charge in [0.25, 0.3) is 0 Å². The van der Waals surface area contributed by atoms with Crippen molar-refractivity contribution in [2.75, 3.05) is 26.2 Å². The Labute approximate surface area is 93.3 Å². The molecule has 0 fully saturated rings. The molecule has 2 aliphatic rings. The van der Waals surface area contributed by atoms with Crippen LogP contribution in [0.4, 0.5) is 0 Å². The average Bonchev–Trinajstić information content (AvgIpc) is 2.51. The molecule has 0 atom stereocenters. The highest BCUT2D eigenvalue weighted by Gasteiger charge is 2.27. The molecule has 2 aliphatic heterocycles. The van der Waals surface area contributed by atoms with Crippen LogP contribution in [-0.2, 0) is 0 Å². The van der Waals surface area contributed by atoms with E-state index in [1.54, 1.807) is 5.84 Å². The van der Waals surface area contributed by atoms with E-state index in [4.69, 9.17) is 0 Å². The van der Waals surface area contributed by atoms with Crippen molar-refractivity contribution >= 4 is 5.84 Å². The van der Waals surface area contributed by atoms with E-state index < -0.39 is 0 Å². The monoisotopic (exact) mass is 207 g/mol. The van der Waals surface area contributed by atoms with Crippen LogP contribution in [0.1, 0.15) is 39.0 Å². The summed E-state index contributed by atoms with van der Waals surface area (Å²) in [5, 5.41) is 0. The SMILES string of the molecule is C/C=C/CN1CCC[N+]2=C1CCCCC2. The highest BCUT2D eigenvalue weighted by atomic mass is 15.3. The first-order valence-electron chi connectivity index (χ1n) is 6.38. The quantitative estimate of drug-likeness (QED) is 0.497. The molecule has 0 bridgehead atoms. The van der Waals surface area contributed by atoms with Crippen molar-refractivity contribution in [2.45, 2.75) is 39.0 Å². The van der Waals surface area contributed by atoms with Gasteiger partial charge in [0.05, 0.1) is 19.6 Å². The third-order valence-electron chi connectivity index (χ3n) is 3.48. The third-order valence-corrected chi connectivity index (χ3v) is 3.48. The smallest absolute Gasteiger partial charge is 0.247 e. The number of amidine groups is 1. The molecule has 0 aromatic rings. The van der Waals surface area contributed by atoms with Gasteiger partial charge in [0.2, 0.25) is 5.84 Å². The van der Waals surface area contributed by atoms with Crippen molar-refractivity contribution in [3.05, 3.63) is 12.2 Å². The molecule has 2 nitrogen and oxygen atoms in total. The lowest BCUT2D eigenvalue weighted by Gasteiger charge is -2.25. The van der Waals surface area contributed by atoms with Gasteiger partial charge in [0, 0.05) is 12.8 Å². The molecule has 2 rings (SSSR count). The summed E-state index contributed by atoms with van der Waals surface area (Å²) in [6.45, 7) is 7.07. The Morgan fingerprint density at radius 1 is 1.20 bits per heavy atom. The minimum Gasteiger partial charge on any atom is -0.266 e. The van der Waals surface area contributed by atoms with Gasteiger partial charge in [-0.25, -0.2) is 0 Å². The standard InChI is InChI=1S/C13H23N2/c1-2-3-9-14-11-7-12-15-10-6-4-5-8-13(14)15/h2-3H,4-12H2,1H3/q+1/b3-2+. The van der Waals surface area contributed by atoms with Crippen molar-refractivity contribution in [1.29, 1.82) is 0 Å². The summed E-state index contributed by atoms with van der Waals surface area (Å²) in [6.07, 6.45) is 11.3. The van der Waals surface area contributed by atoms with E-state index in [0.717, 1.165) is 6.54 Å². The van der Waals surface area contributed by atoms with Crippen LogP contribution in [-0.4, -0.2) is 41.5 Å². The molecular weight excluding hydrogens is 184 g/mol. The van der Waals surface area contributed by atoms with Crippen molar-refractivity contribution in [3.63, 3.8) is 0 Å². The number of allylic oxidation sites excluding steroid dienone is 1. The van der Waals surface area contributed by atoms with E-state index in [0.29, 0.717) is 0 Å². The molecule has 0 aliphatic carbocycles. The van der Waals surface area contributed by atoms with Gasteiger partial charge >= 0.3 is 0 Å². The van der Waals surface area contributed by atoms with Crippen LogP contribution >= 0.6 is 0 Å². The van der Waals surface area contributed by atoms with Crippen molar-refractivity contribution in [3.8, 4) is 0 Å². The molecular formula is C13H23N2+. The van der Waals surface area contributed by atoms with Gasteiger partial charge in [-0.3, -0.25) is 9.48 Å². The topological polar surface area (TPSA) is 6.25 Å². The van der Waals surface area contributed by atoms with E-state index >= 15 is 0 Å². The predicted octanol–water partition coefficient (Wildman–Crippen LogP) is 2.25. The molecule has 2 heteroatoms. The largest absolute Gasteiger partial charge is 0.266 e. The number of hydrogen-bond donors (Lipinski definition) is 0. The fourth-order valence-electron chi connectivity index (χ4n) is 2.66. The Kier molecular flexibility index (Phi) is 3.81. The van der Waals surface area contributed by atoms with Gasteiger partial charge < -0.3 is 0 Å². The van der Waals surface area contributed by atoms with Gasteiger partial charge in [-0.05, 0) is 32.3 Å². The second-order valence-electron chi connectivity index (χ2n) is 4.58. The summed E-state index contributed by atoms with van der Waals surface area (Å²) in [5.74, 6) is 1.62. The second-order valence-corrected chi connectivity index (χ2v) is 4.58. The highest BCUT2D eigenvalue weighted by molar-refractivity contribution is 5.78. The van der Waals surface area contributed by atoms with Crippen molar-refractivity contribution < 1.29 is 4.58 Å². The van der Waals surface area contributed by atoms with Crippen LogP contribution in [0, 0.1) is 0 Å². The Bertz CT molecular complexity index is 266. The number of rotatable bonds is 2. The normalized spacial score (nSPS) is 23.1. The first-order chi connectivity index (χ1) is 7.42. The van der Waals surface area contributed by atoms with Gasteiger partial charge in [-0.15, -0.1) is 0 Å². The molecule has 0 amide bonds. The second kappa shape index (κ2) is 5.34. The molecule has 84 valence electrons. The molecule has 15 heavy (non-hydrogen) atoms. The van der Waals surface area contributed by atoms with Crippen molar-refractivity contribution in [1.82, 2.24) is 4.90 Å². The molecule has 0 unspecified atom stereocenters. The summed E-state index contributed by atoms with van der Waals surface area (Å²) < 4.78 is 2.62. The lowest BCUT2D eigenvalue weighted by atomic mass is 10.2. The zero-order valence-corrected chi connectivity index (χ0v) is 9.91. The molecule has 0 N–H and O–H groups in total. The van der Waals surface area contributed by atoms with E-state index in [2.05, 4.69) is 28.6 Å². The summed E-state index contributed by atoms with van der Waals surface area (Å²) in [4.78, 5) is 2.58. The van der Waals surface area contributed by atoms with E-state index in [1.807, 2.05) is 0 Å². The van der Waals surface area contributed by atoms with Crippen LogP contribution in [0.2, 0.25) is 0 Å². The van der Waals surface area contributed by atoms with Crippen LogP contribution < -0.4 is 0 Å². The first kappa shape index (κ1) is 10.7. The highest BCUT2D eigenvalue weighted by Crippen LogP contribution is 2.14. The van der Waals surface area contributed by atoms with E-state index in [1.165, 1.54) is 51.7 Å². The fraction of sp³-hybridized carbons (Fsp3) is 0.769. The molecule has 0 radical (unpaired) electrons. The fourth-order valence-corrected chi connectivity index (χ4v) is 2.66. The molecule has 0 spiro atoms. The average molecular weight is 207 g/mol. The summed E-state index contributed by atoms with van der Waals surface area (Å²) >= 11 is 0. The Morgan fingerprint density at radius 3 is 2.93 bits per heavy atom. The van der Waals surface area contributed by atoms with E-state index in [-0.39, 0.29) is 0 Å². The van der Waals surface area contributed by atoms with Gasteiger partial charge in [-0.2, -0.15) is 0 Å².